The highest BCUT2D eigenvalue weighted by Crippen LogP contribution is 2.34. The Bertz CT molecular complexity index is 881. The van der Waals surface area contributed by atoms with Crippen LogP contribution in [0.3, 0.4) is 0 Å². The molecule has 1 amide bonds. The van der Waals surface area contributed by atoms with Gasteiger partial charge in [0.15, 0.2) is 0 Å². The normalized spacial score (nSPS) is 16.4. The number of hydrogen-bond acceptors (Lipinski definition) is 4. The first-order valence-electron chi connectivity index (χ1n) is 8.84. The number of hydrazone groups is 1. The average Bonchev–Trinajstić information content (AvgIpc) is 2.60. The van der Waals surface area contributed by atoms with Gasteiger partial charge in [0.1, 0.15) is 6.54 Å². The standard InChI is InChI=1S/C20H22Cl2F2N4O/c1-12(13(2)27-28-8-7-26-18(29)11-28)5-6-25-14(3)19-16(21)9-15(10-17(19)22)20(4,23)24/h5-6,9-10H,1,7-8,11H2,2-4H3,(H,26,29)/b6-5-,25-14?,27-13+. The summed E-state index contributed by atoms with van der Waals surface area (Å²) in [5.41, 5.74) is 1.87. The van der Waals surface area contributed by atoms with Gasteiger partial charge in [-0.3, -0.25) is 14.8 Å². The maximum atomic E-state index is 13.5. The van der Waals surface area contributed by atoms with Gasteiger partial charge in [0.05, 0.1) is 22.3 Å². The van der Waals surface area contributed by atoms with Gasteiger partial charge in [0.25, 0.3) is 5.92 Å². The van der Waals surface area contributed by atoms with Crippen molar-refractivity contribution in [2.24, 2.45) is 10.1 Å². The van der Waals surface area contributed by atoms with Gasteiger partial charge in [0, 0.05) is 36.5 Å². The van der Waals surface area contributed by atoms with E-state index in [4.69, 9.17) is 23.2 Å². The molecule has 1 fully saturated rings. The molecule has 0 aliphatic carbocycles. The second kappa shape index (κ2) is 9.50. The second-order valence-corrected chi connectivity index (χ2v) is 7.50. The van der Waals surface area contributed by atoms with Crippen LogP contribution in [0.15, 0.2) is 46.7 Å². The minimum atomic E-state index is -3.04. The molecule has 1 saturated heterocycles. The lowest BCUT2D eigenvalue weighted by molar-refractivity contribution is -0.124. The van der Waals surface area contributed by atoms with Gasteiger partial charge >= 0.3 is 0 Å². The van der Waals surface area contributed by atoms with E-state index >= 15 is 0 Å². The lowest BCUT2D eigenvalue weighted by Crippen LogP contribution is -2.45. The zero-order valence-corrected chi connectivity index (χ0v) is 17.9. The summed E-state index contributed by atoms with van der Waals surface area (Å²) in [4.78, 5) is 15.7. The van der Waals surface area contributed by atoms with Crippen LogP contribution in [0.1, 0.15) is 31.9 Å². The number of halogens is 4. The third kappa shape index (κ3) is 6.37. The number of aliphatic imine (C=N–C) groups is 1. The maximum Gasteiger partial charge on any atom is 0.270 e. The van der Waals surface area contributed by atoms with Crippen LogP contribution in [0.25, 0.3) is 0 Å². The number of carbonyl (C=O) groups excluding carboxylic acids is 1. The van der Waals surface area contributed by atoms with Crippen molar-refractivity contribution in [1.82, 2.24) is 10.3 Å². The van der Waals surface area contributed by atoms with Gasteiger partial charge in [0.2, 0.25) is 5.91 Å². The number of hydrogen-bond donors (Lipinski definition) is 1. The van der Waals surface area contributed by atoms with Crippen LogP contribution in [0.2, 0.25) is 10.0 Å². The molecular formula is C20H22Cl2F2N4O. The van der Waals surface area contributed by atoms with Gasteiger partial charge < -0.3 is 5.32 Å². The second-order valence-electron chi connectivity index (χ2n) is 6.68. The summed E-state index contributed by atoms with van der Waals surface area (Å²) in [5.74, 6) is -3.12. The van der Waals surface area contributed by atoms with Crippen molar-refractivity contribution < 1.29 is 13.6 Å². The monoisotopic (exact) mass is 442 g/mol. The van der Waals surface area contributed by atoms with Gasteiger partial charge in [-0.05, 0) is 37.6 Å². The minimum Gasteiger partial charge on any atom is -0.353 e. The molecule has 5 nitrogen and oxygen atoms in total. The van der Waals surface area contributed by atoms with Crippen LogP contribution in [0.4, 0.5) is 8.78 Å². The van der Waals surface area contributed by atoms with Gasteiger partial charge in [-0.25, -0.2) is 8.78 Å². The fourth-order valence-electron chi connectivity index (χ4n) is 2.58. The largest absolute Gasteiger partial charge is 0.353 e. The quantitative estimate of drug-likeness (QED) is 0.508. The molecule has 0 spiro atoms. The fourth-order valence-corrected chi connectivity index (χ4v) is 3.34. The number of allylic oxidation sites excluding steroid dienone is 2. The Morgan fingerprint density at radius 3 is 2.48 bits per heavy atom. The molecule has 1 aromatic rings. The van der Waals surface area contributed by atoms with E-state index < -0.39 is 5.92 Å². The molecule has 1 aliphatic rings. The summed E-state index contributed by atoms with van der Waals surface area (Å²) in [6, 6.07) is 2.38. The van der Waals surface area contributed by atoms with E-state index in [1.54, 1.807) is 24.9 Å². The Labute approximate surface area is 178 Å². The predicted molar refractivity (Wildman–Crippen MR) is 114 cm³/mol. The van der Waals surface area contributed by atoms with E-state index in [2.05, 4.69) is 22.0 Å². The summed E-state index contributed by atoms with van der Waals surface area (Å²) in [7, 11) is 0. The number of nitrogens with one attached hydrogen (secondary N) is 1. The van der Waals surface area contributed by atoms with Crippen LogP contribution >= 0.6 is 23.2 Å². The van der Waals surface area contributed by atoms with E-state index in [-0.39, 0.29) is 28.1 Å². The molecule has 0 bridgehead atoms. The lowest BCUT2D eigenvalue weighted by atomic mass is 10.0. The van der Waals surface area contributed by atoms with Gasteiger partial charge in [-0.15, -0.1) is 0 Å². The van der Waals surface area contributed by atoms with Crippen LogP contribution in [-0.2, 0) is 10.7 Å². The van der Waals surface area contributed by atoms with Crippen LogP contribution < -0.4 is 5.32 Å². The van der Waals surface area contributed by atoms with Crippen LogP contribution in [-0.4, -0.2) is 42.0 Å². The predicted octanol–water partition coefficient (Wildman–Crippen LogP) is 4.79. The topological polar surface area (TPSA) is 57.1 Å². The highest BCUT2D eigenvalue weighted by molar-refractivity contribution is 6.40. The number of nitrogens with zero attached hydrogens (tertiary/aromatic N) is 3. The summed E-state index contributed by atoms with van der Waals surface area (Å²) < 4.78 is 27.0. The molecule has 0 saturated carbocycles. The first-order chi connectivity index (χ1) is 13.5. The SMILES string of the molecule is C=C(/C=C\N=C(C)c1c(Cl)cc(C(C)(F)F)cc1Cl)/C(C)=N/N1CCNC(=O)C1. The first-order valence-corrected chi connectivity index (χ1v) is 9.59. The average molecular weight is 443 g/mol. The van der Waals surface area contributed by atoms with Crippen molar-refractivity contribution in [3.63, 3.8) is 0 Å². The number of piperazine rings is 1. The fraction of sp³-hybridized carbons (Fsp3) is 0.350. The molecule has 9 heteroatoms. The Balaban J connectivity index is 2.13. The molecule has 2 rings (SSSR count). The van der Waals surface area contributed by atoms with Crippen molar-refractivity contribution in [1.29, 1.82) is 0 Å². The van der Waals surface area contributed by atoms with Crippen molar-refractivity contribution in [2.45, 2.75) is 26.7 Å². The van der Waals surface area contributed by atoms with E-state index in [1.165, 1.54) is 18.3 Å². The molecule has 156 valence electrons. The van der Waals surface area contributed by atoms with Crippen LogP contribution in [0, 0.1) is 0 Å². The van der Waals surface area contributed by atoms with Gasteiger partial charge in [-0.2, -0.15) is 5.10 Å². The number of carbonyl (C=O) groups is 1. The van der Waals surface area contributed by atoms with E-state index in [1.807, 2.05) is 0 Å². The molecule has 29 heavy (non-hydrogen) atoms. The molecule has 1 heterocycles. The summed E-state index contributed by atoms with van der Waals surface area (Å²) >= 11 is 12.3. The molecule has 0 unspecified atom stereocenters. The van der Waals surface area contributed by atoms with Crippen molar-refractivity contribution in [2.75, 3.05) is 19.6 Å². The third-order valence-corrected chi connectivity index (χ3v) is 4.83. The maximum absolute atomic E-state index is 13.5. The van der Waals surface area contributed by atoms with Crippen LogP contribution in [0.5, 0.6) is 0 Å². The summed E-state index contributed by atoms with van der Waals surface area (Å²) in [6.07, 6.45) is 3.16. The number of benzene rings is 1. The number of rotatable bonds is 6. The molecule has 0 radical (unpaired) electrons. The van der Waals surface area contributed by atoms with E-state index in [0.29, 0.717) is 35.6 Å². The zero-order valence-electron chi connectivity index (χ0n) is 16.4. The highest BCUT2D eigenvalue weighted by atomic mass is 35.5. The van der Waals surface area contributed by atoms with E-state index in [0.717, 1.165) is 6.92 Å². The molecule has 0 aromatic heterocycles. The Hall–Kier alpha value is -2.25. The summed E-state index contributed by atoms with van der Waals surface area (Å²) in [6.45, 7) is 9.55. The Morgan fingerprint density at radius 2 is 1.93 bits per heavy atom. The molecule has 1 N–H and O–H groups in total. The first kappa shape index (κ1) is 23.0. The van der Waals surface area contributed by atoms with Crippen molar-refractivity contribution in [3.8, 4) is 0 Å². The third-order valence-electron chi connectivity index (χ3n) is 4.23. The van der Waals surface area contributed by atoms with Gasteiger partial charge in [-0.1, -0.05) is 29.8 Å². The molecule has 1 aliphatic heterocycles. The Morgan fingerprint density at radius 1 is 1.31 bits per heavy atom. The van der Waals surface area contributed by atoms with E-state index in [9.17, 15) is 13.6 Å². The minimum absolute atomic E-state index is 0.0743. The molecular weight excluding hydrogens is 421 g/mol. The Kier molecular flexibility index (Phi) is 7.54. The highest BCUT2D eigenvalue weighted by Gasteiger charge is 2.26. The smallest absolute Gasteiger partial charge is 0.270 e. The number of amides is 1. The zero-order chi connectivity index (χ0) is 21.8. The molecule has 0 atom stereocenters. The van der Waals surface area contributed by atoms with Crippen molar-refractivity contribution in [3.05, 3.63) is 57.7 Å². The number of alkyl halides is 2. The van der Waals surface area contributed by atoms with Crippen molar-refractivity contribution >= 4 is 40.5 Å². The lowest BCUT2D eigenvalue weighted by Gasteiger charge is -2.24. The summed E-state index contributed by atoms with van der Waals surface area (Å²) in [5, 5.41) is 8.98. The molecule has 1 aromatic carbocycles.